The first-order chi connectivity index (χ1) is 6.43. The zero-order chi connectivity index (χ0) is 8.67. The van der Waals surface area contributed by atoms with Crippen LogP contribution >= 0.6 is 0 Å². The minimum Gasteiger partial charge on any atom is -0.453 e. The summed E-state index contributed by atoms with van der Waals surface area (Å²) in [6.07, 6.45) is 1.63. The third kappa shape index (κ3) is 0.902. The van der Waals surface area contributed by atoms with Gasteiger partial charge in [0.1, 0.15) is 11.3 Å². The molecule has 2 aliphatic heterocycles. The van der Waals surface area contributed by atoms with E-state index in [1.165, 1.54) is 0 Å². The van der Waals surface area contributed by atoms with Crippen LogP contribution in [0.4, 0.5) is 0 Å². The highest BCUT2D eigenvalue weighted by atomic mass is 16.3. The zero-order valence-corrected chi connectivity index (χ0v) is 6.77. The van der Waals surface area contributed by atoms with Crippen LogP contribution in [0.3, 0.4) is 0 Å². The van der Waals surface area contributed by atoms with Crippen molar-refractivity contribution in [2.45, 2.75) is 0 Å². The molecule has 0 bridgehead atoms. The molecule has 0 aliphatic carbocycles. The third-order valence-electron chi connectivity index (χ3n) is 2.02. The van der Waals surface area contributed by atoms with E-state index in [1.807, 2.05) is 30.3 Å². The lowest BCUT2D eigenvalue weighted by Gasteiger charge is -1.99. The van der Waals surface area contributed by atoms with Gasteiger partial charge in [0.15, 0.2) is 5.76 Å². The summed E-state index contributed by atoms with van der Waals surface area (Å²) in [6, 6.07) is 9.82. The first-order valence-corrected chi connectivity index (χ1v) is 4.03. The first kappa shape index (κ1) is 6.60. The van der Waals surface area contributed by atoms with Gasteiger partial charge in [-0.05, 0) is 12.1 Å². The summed E-state index contributed by atoms with van der Waals surface area (Å²) in [5.74, 6) is 0.735. The third-order valence-corrected chi connectivity index (χ3v) is 2.02. The highest BCUT2D eigenvalue weighted by molar-refractivity contribution is 5.81. The van der Waals surface area contributed by atoms with Gasteiger partial charge in [-0.25, -0.2) is 0 Å². The van der Waals surface area contributed by atoms with Crippen molar-refractivity contribution in [1.82, 2.24) is 10.2 Å². The van der Waals surface area contributed by atoms with E-state index in [4.69, 9.17) is 4.42 Å². The Kier molecular flexibility index (Phi) is 1.16. The van der Waals surface area contributed by atoms with Crippen LogP contribution in [0, 0.1) is 0 Å². The Morgan fingerprint density at radius 3 is 3.08 bits per heavy atom. The Bertz CT molecular complexity index is 483. The topological polar surface area (TPSA) is 38.9 Å². The number of nitrogens with zero attached hydrogens (tertiary/aromatic N) is 2. The summed E-state index contributed by atoms with van der Waals surface area (Å²) >= 11 is 0. The van der Waals surface area contributed by atoms with Crippen LogP contribution < -0.4 is 0 Å². The molecule has 0 saturated heterocycles. The van der Waals surface area contributed by atoms with E-state index in [9.17, 15) is 0 Å². The summed E-state index contributed by atoms with van der Waals surface area (Å²) in [6.45, 7) is 0. The van der Waals surface area contributed by atoms with Gasteiger partial charge in [0.05, 0.1) is 6.20 Å². The van der Waals surface area contributed by atoms with Crippen molar-refractivity contribution in [3.05, 3.63) is 36.5 Å². The lowest BCUT2D eigenvalue weighted by Crippen LogP contribution is -1.78. The molecule has 1 aromatic carbocycles. The maximum atomic E-state index is 5.56. The summed E-state index contributed by atoms with van der Waals surface area (Å²) < 4.78 is 5.56. The fraction of sp³-hybridized carbons (Fsp3) is 0. The van der Waals surface area contributed by atoms with Gasteiger partial charge in [0, 0.05) is 5.39 Å². The fourth-order valence-electron chi connectivity index (χ4n) is 1.40. The quantitative estimate of drug-likeness (QED) is 0.519. The van der Waals surface area contributed by atoms with Gasteiger partial charge in [-0.15, -0.1) is 5.10 Å². The average Bonchev–Trinajstić information content (AvgIpc) is 2.61. The normalized spacial score (nSPS) is 11.1. The minimum atomic E-state index is 0.735. The second kappa shape index (κ2) is 2.29. The molecule has 0 aromatic heterocycles. The van der Waals surface area contributed by atoms with Crippen molar-refractivity contribution in [1.29, 1.82) is 0 Å². The Balaban J connectivity index is 2.52. The van der Waals surface area contributed by atoms with Gasteiger partial charge in [-0.2, -0.15) is 5.10 Å². The van der Waals surface area contributed by atoms with Crippen LogP contribution in [0.2, 0.25) is 0 Å². The maximum Gasteiger partial charge on any atom is 0.175 e. The Labute approximate surface area is 74.4 Å². The lowest BCUT2D eigenvalue weighted by atomic mass is 10.2. The van der Waals surface area contributed by atoms with Crippen molar-refractivity contribution >= 4 is 11.0 Å². The number of hydrogen-bond donors (Lipinski definition) is 0. The minimum absolute atomic E-state index is 0.735. The summed E-state index contributed by atoms with van der Waals surface area (Å²) in [7, 11) is 0. The molecule has 0 radical (unpaired) electrons. The van der Waals surface area contributed by atoms with Crippen molar-refractivity contribution in [2.24, 2.45) is 0 Å². The molecule has 3 rings (SSSR count). The molecule has 0 N–H and O–H groups in total. The van der Waals surface area contributed by atoms with Gasteiger partial charge >= 0.3 is 0 Å². The van der Waals surface area contributed by atoms with E-state index in [0.29, 0.717) is 0 Å². The van der Waals surface area contributed by atoms with Gasteiger partial charge in [0.2, 0.25) is 0 Å². The van der Waals surface area contributed by atoms with Crippen LogP contribution in [0.5, 0.6) is 0 Å². The average molecular weight is 170 g/mol. The van der Waals surface area contributed by atoms with Crippen LogP contribution in [0.15, 0.2) is 40.9 Å². The van der Waals surface area contributed by atoms with Gasteiger partial charge in [-0.3, -0.25) is 0 Å². The lowest BCUT2D eigenvalue weighted by molar-refractivity contribution is 0.620. The summed E-state index contributed by atoms with van der Waals surface area (Å²) in [4.78, 5) is 0. The Morgan fingerprint density at radius 1 is 1.15 bits per heavy atom. The van der Waals surface area contributed by atoms with Crippen molar-refractivity contribution in [3.63, 3.8) is 0 Å². The number of benzene rings is 1. The van der Waals surface area contributed by atoms with Crippen LogP contribution in [0.1, 0.15) is 0 Å². The molecular weight excluding hydrogens is 164 g/mol. The molecule has 2 heterocycles. The zero-order valence-electron chi connectivity index (χ0n) is 6.77. The molecule has 0 saturated carbocycles. The van der Waals surface area contributed by atoms with Gasteiger partial charge in [-0.1, -0.05) is 18.2 Å². The largest absolute Gasteiger partial charge is 0.453 e. The van der Waals surface area contributed by atoms with Gasteiger partial charge in [0.25, 0.3) is 0 Å². The number of para-hydroxylation sites is 1. The second-order valence-corrected chi connectivity index (χ2v) is 2.88. The van der Waals surface area contributed by atoms with Crippen LogP contribution in [-0.2, 0) is 0 Å². The smallest absolute Gasteiger partial charge is 0.175 e. The molecule has 1 aromatic rings. The number of aromatic nitrogens is 2. The van der Waals surface area contributed by atoms with Crippen molar-refractivity contribution < 1.29 is 4.42 Å². The molecule has 3 heteroatoms. The Hall–Kier alpha value is -1.90. The highest BCUT2D eigenvalue weighted by Crippen LogP contribution is 2.25. The molecule has 13 heavy (non-hydrogen) atoms. The van der Waals surface area contributed by atoms with Crippen molar-refractivity contribution in [3.8, 4) is 11.5 Å². The summed E-state index contributed by atoms with van der Waals surface area (Å²) in [5.41, 5.74) is 1.67. The molecule has 0 fully saturated rings. The van der Waals surface area contributed by atoms with Gasteiger partial charge < -0.3 is 4.42 Å². The van der Waals surface area contributed by atoms with E-state index < -0.39 is 0 Å². The summed E-state index contributed by atoms with van der Waals surface area (Å²) in [5, 5.41) is 8.76. The number of fused-ring (bicyclic) bond motifs is 2. The Morgan fingerprint density at radius 2 is 2.08 bits per heavy atom. The molecule has 0 amide bonds. The molecule has 3 nitrogen and oxygen atoms in total. The SMILES string of the molecule is c1ccc2oc3cnnc-3cc2c1. The molecule has 2 aliphatic rings. The van der Waals surface area contributed by atoms with Crippen LogP contribution in [-0.4, -0.2) is 10.2 Å². The molecule has 0 spiro atoms. The fourth-order valence-corrected chi connectivity index (χ4v) is 1.40. The first-order valence-electron chi connectivity index (χ1n) is 4.03. The van der Waals surface area contributed by atoms with E-state index in [2.05, 4.69) is 10.2 Å². The standard InChI is InChI=1S/C10H6N2O/c1-2-4-9-7(3-1)5-8-10(13-9)6-11-12-8/h1-6H. The van der Waals surface area contributed by atoms with Crippen LogP contribution in [0.25, 0.3) is 22.4 Å². The van der Waals surface area contributed by atoms with E-state index in [-0.39, 0.29) is 0 Å². The molecule has 62 valence electrons. The maximum absolute atomic E-state index is 5.56. The molecule has 0 unspecified atom stereocenters. The van der Waals surface area contributed by atoms with E-state index >= 15 is 0 Å². The second-order valence-electron chi connectivity index (χ2n) is 2.88. The predicted octanol–water partition coefficient (Wildman–Crippen LogP) is 2.33. The predicted molar refractivity (Wildman–Crippen MR) is 48.4 cm³/mol. The number of hydrogen-bond acceptors (Lipinski definition) is 3. The number of rotatable bonds is 0. The monoisotopic (exact) mass is 170 g/mol. The van der Waals surface area contributed by atoms with E-state index in [1.54, 1.807) is 6.20 Å². The van der Waals surface area contributed by atoms with Crippen molar-refractivity contribution in [2.75, 3.05) is 0 Å². The highest BCUT2D eigenvalue weighted by Gasteiger charge is 2.08. The molecular formula is C10H6N2O. The molecule has 0 atom stereocenters. The van der Waals surface area contributed by atoms with E-state index in [0.717, 1.165) is 22.4 Å².